The summed E-state index contributed by atoms with van der Waals surface area (Å²) in [5.41, 5.74) is 1.83. The molecule has 1 aliphatic rings. The Balaban J connectivity index is 0.000000191. The molecule has 10 nitrogen and oxygen atoms in total. The largest absolute Gasteiger partial charge is 0.417 e. The molecule has 4 heterocycles. The van der Waals surface area contributed by atoms with Crippen LogP contribution in [0, 0.1) is 0 Å². The van der Waals surface area contributed by atoms with Gasteiger partial charge in [0.05, 0.1) is 21.8 Å². The zero-order valence-electron chi connectivity index (χ0n) is 27.5. The smallest absolute Gasteiger partial charge is 0.322 e. The molecular formula is C33H34F5N7O3S. The standard InChI is InChI=1S/C18H21F2N3O.C15H13F3N4O2S/c1-10-8-18(2,3)12-6-5-7-13(14(10)12)21-17(24)11-9-23(4)22-15(11)16(19)20;1-3-25(23,24)11-5-4-6-19-12(11)14-21-10-7-9(15(16,17)18)8-20-13(10)22(14)2/h5-7,9-10,16H,8H2,1-4H3,(H,21,24);4-8H,3H2,1-2H3. The van der Waals surface area contributed by atoms with Crippen LogP contribution in [-0.4, -0.2) is 49.4 Å². The van der Waals surface area contributed by atoms with Crippen molar-refractivity contribution in [3.63, 3.8) is 0 Å². The van der Waals surface area contributed by atoms with Crippen molar-refractivity contribution in [1.29, 1.82) is 0 Å². The lowest BCUT2D eigenvalue weighted by Gasteiger charge is -2.19. The van der Waals surface area contributed by atoms with Crippen LogP contribution in [0.1, 0.15) is 79.2 Å². The zero-order chi connectivity index (χ0) is 36.1. The third-order valence-electron chi connectivity index (χ3n) is 8.44. The number of carbonyl (C=O) groups is 1. The lowest BCUT2D eigenvalue weighted by molar-refractivity contribution is -0.137. The first-order valence-electron chi connectivity index (χ1n) is 15.2. The molecule has 1 N–H and O–H groups in total. The predicted molar refractivity (Wildman–Crippen MR) is 173 cm³/mol. The number of rotatable bonds is 6. The number of aromatic nitrogens is 6. The van der Waals surface area contributed by atoms with E-state index in [1.54, 1.807) is 7.05 Å². The minimum Gasteiger partial charge on any atom is -0.322 e. The number of pyridine rings is 2. The van der Waals surface area contributed by atoms with Crippen molar-refractivity contribution in [2.45, 2.75) is 62.9 Å². The Hall–Kier alpha value is -4.73. The molecule has 4 aromatic heterocycles. The Morgan fingerprint density at radius 2 is 1.84 bits per heavy atom. The van der Waals surface area contributed by atoms with Gasteiger partial charge in [0, 0.05) is 38.4 Å². The summed E-state index contributed by atoms with van der Waals surface area (Å²) in [7, 11) is -0.514. The van der Waals surface area contributed by atoms with Gasteiger partial charge in [-0.1, -0.05) is 39.8 Å². The molecule has 1 unspecified atom stereocenters. The maximum Gasteiger partial charge on any atom is 0.417 e. The van der Waals surface area contributed by atoms with Gasteiger partial charge in [-0.15, -0.1) is 0 Å². The van der Waals surface area contributed by atoms with E-state index < -0.39 is 39.6 Å². The molecular weight excluding hydrogens is 669 g/mol. The van der Waals surface area contributed by atoms with E-state index in [-0.39, 0.29) is 44.3 Å². The number of benzene rings is 1. The van der Waals surface area contributed by atoms with Crippen LogP contribution in [0.2, 0.25) is 0 Å². The lowest BCUT2D eigenvalue weighted by atomic mass is 9.86. The molecule has 0 bridgehead atoms. The molecule has 5 aromatic rings. The fourth-order valence-electron chi connectivity index (χ4n) is 6.21. The molecule has 0 fully saturated rings. The molecule has 0 saturated heterocycles. The van der Waals surface area contributed by atoms with Crippen molar-refractivity contribution in [1.82, 2.24) is 29.3 Å². The molecule has 260 valence electrons. The Morgan fingerprint density at radius 3 is 2.49 bits per heavy atom. The first-order valence-corrected chi connectivity index (χ1v) is 16.8. The van der Waals surface area contributed by atoms with Crippen molar-refractivity contribution in [3.8, 4) is 11.5 Å². The second-order valence-corrected chi connectivity index (χ2v) is 14.7. The van der Waals surface area contributed by atoms with Crippen molar-refractivity contribution >= 4 is 32.6 Å². The van der Waals surface area contributed by atoms with Gasteiger partial charge in [-0.05, 0) is 53.1 Å². The first kappa shape index (κ1) is 35.6. The van der Waals surface area contributed by atoms with E-state index in [1.807, 2.05) is 12.1 Å². The molecule has 0 spiro atoms. The van der Waals surface area contributed by atoms with Gasteiger partial charge in [0.25, 0.3) is 12.3 Å². The molecule has 0 saturated carbocycles. The molecule has 1 amide bonds. The third kappa shape index (κ3) is 6.91. The Kier molecular flexibility index (Phi) is 9.40. The van der Waals surface area contributed by atoms with E-state index in [1.165, 1.54) is 53.3 Å². The van der Waals surface area contributed by atoms with Gasteiger partial charge >= 0.3 is 6.18 Å². The van der Waals surface area contributed by atoms with Gasteiger partial charge in [0.2, 0.25) is 0 Å². The molecule has 16 heteroatoms. The van der Waals surface area contributed by atoms with Gasteiger partial charge < -0.3 is 9.88 Å². The van der Waals surface area contributed by atoms with E-state index in [0.29, 0.717) is 11.6 Å². The molecule has 1 aromatic carbocycles. The molecule has 0 radical (unpaired) electrons. The summed E-state index contributed by atoms with van der Waals surface area (Å²) in [6, 6.07) is 9.55. The fourth-order valence-corrected chi connectivity index (χ4v) is 7.25. The Bertz CT molecular complexity index is 2160. The van der Waals surface area contributed by atoms with E-state index in [2.05, 4.69) is 52.2 Å². The predicted octanol–water partition coefficient (Wildman–Crippen LogP) is 7.24. The maximum atomic E-state index is 13.1. The topological polar surface area (TPSA) is 125 Å². The van der Waals surface area contributed by atoms with E-state index in [9.17, 15) is 35.2 Å². The van der Waals surface area contributed by atoms with Gasteiger partial charge in [0.15, 0.2) is 21.3 Å². The fraction of sp³-hybridized carbons (Fsp3) is 0.364. The minimum absolute atomic E-state index is 0.0119. The molecule has 6 rings (SSSR count). The zero-order valence-corrected chi connectivity index (χ0v) is 28.3. The quantitative estimate of drug-likeness (QED) is 0.185. The number of halogens is 5. The van der Waals surface area contributed by atoms with Crippen LogP contribution in [0.3, 0.4) is 0 Å². The van der Waals surface area contributed by atoms with Gasteiger partial charge in [0.1, 0.15) is 16.9 Å². The lowest BCUT2D eigenvalue weighted by Crippen LogP contribution is -2.16. The highest BCUT2D eigenvalue weighted by Crippen LogP contribution is 2.48. The Labute approximate surface area is 279 Å². The molecule has 1 aliphatic carbocycles. The highest BCUT2D eigenvalue weighted by molar-refractivity contribution is 7.91. The van der Waals surface area contributed by atoms with Crippen LogP contribution in [-0.2, 0) is 35.5 Å². The van der Waals surface area contributed by atoms with Gasteiger partial charge in [-0.25, -0.2) is 27.2 Å². The third-order valence-corrected chi connectivity index (χ3v) is 10.2. The number of sulfone groups is 1. The SMILES string of the molecule is CC1CC(C)(C)c2cccc(NC(=O)c3cn(C)nc3C(F)F)c21.CCS(=O)(=O)c1cccnc1-c1nc2cc(C(F)(F)F)cnc2n1C. The minimum atomic E-state index is -4.54. The number of anilines is 1. The summed E-state index contributed by atoms with van der Waals surface area (Å²) in [5, 5.41) is 6.50. The van der Waals surface area contributed by atoms with Crippen LogP contribution >= 0.6 is 0 Å². The number of nitrogens with one attached hydrogen (secondary N) is 1. The van der Waals surface area contributed by atoms with Gasteiger partial charge in [-0.2, -0.15) is 18.3 Å². The molecule has 0 aliphatic heterocycles. The summed E-state index contributed by atoms with van der Waals surface area (Å²) in [5.74, 6) is -0.250. The van der Waals surface area contributed by atoms with Crippen molar-refractivity contribution < 1.29 is 35.2 Å². The molecule has 1 atom stereocenters. The summed E-state index contributed by atoms with van der Waals surface area (Å²) < 4.78 is 91.9. The summed E-state index contributed by atoms with van der Waals surface area (Å²) in [6.07, 6.45) is -2.89. The van der Waals surface area contributed by atoms with Crippen LogP contribution in [0.4, 0.5) is 27.6 Å². The highest BCUT2D eigenvalue weighted by Gasteiger charge is 2.37. The highest BCUT2D eigenvalue weighted by atomic mass is 32.2. The van der Waals surface area contributed by atoms with E-state index >= 15 is 0 Å². The van der Waals surface area contributed by atoms with Gasteiger partial charge in [-0.3, -0.25) is 14.5 Å². The number of nitrogens with zero attached hydrogens (tertiary/aromatic N) is 6. The van der Waals surface area contributed by atoms with Crippen molar-refractivity contribution in [2.75, 3.05) is 11.1 Å². The number of carbonyl (C=O) groups excluding carboxylic acids is 1. The number of fused-ring (bicyclic) bond motifs is 2. The van der Waals surface area contributed by atoms with E-state index in [0.717, 1.165) is 24.2 Å². The Morgan fingerprint density at radius 1 is 1.12 bits per heavy atom. The number of aryl methyl sites for hydroxylation is 2. The van der Waals surface area contributed by atoms with Crippen molar-refractivity contribution in [2.24, 2.45) is 14.1 Å². The second kappa shape index (κ2) is 12.9. The summed E-state index contributed by atoms with van der Waals surface area (Å²) in [4.78, 5) is 24.5. The second-order valence-electron chi connectivity index (χ2n) is 12.4. The maximum absolute atomic E-state index is 13.1. The van der Waals surface area contributed by atoms with Crippen LogP contribution in [0.25, 0.3) is 22.7 Å². The number of hydrogen-bond donors (Lipinski definition) is 1. The average molecular weight is 704 g/mol. The number of hydrogen-bond acceptors (Lipinski definition) is 7. The normalized spacial score (nSPS) is 15.6. The number of imidazole rings is 1. The number of alkyl halides is 5. The van der Waals surface area contributed by atoms with Crippen LogP contribution < -0.4 is 5.32 Å². The average Bonchev–Trinajstić information content (AvgIpc) is 3.67. The summed E-state index contributed by atoms with van der Waals surface area (Å²) in [6.45, 7) is 7.98. The summed E-state index contributed by atoms with van der Waals surface area (Å²) >= 11 is 0. The monoisotopic (exact) mass is 703 g/mol. The number of amides is 1. The first-order chi connectivity index (χ1) is 22.9. The van der Waals surface area contributed by atoms with Crippen LogP contribution in [0.5, 0.6) is 0 Å². The van der Waals surface area contributed by atoms with Crippen molar-refractivity contribution in [3.05, 3.63) is 82.9 Å². The van der Waals surface area contributed by atoms with Crippen LogP contribution in [0.15, 0.2) is 59.9 Å². The molecule has 49 heavy (non-hydrogen) atoms. The van der Waals surface area contributed by atoms with E-state index in [4.69, 9.17) is 0 Å².